The standard InChI is InChI=1S/C12H27N5O2S.HI/c1-10(2)16-20(18,19)15-7-6-14-12(13)17-8-4-11(3)5-9-17;/h10-11,15-16H,4-9H2,1-3H3,(H2,13,14);1H. The van der Waals surface area contributed by atoms with Crippen molar-refractivity contribution in [2.24, 2.45) is 16.6 Å². The minimum atomic E-state index is -3.43. The summed E-state index contributed by atoms with van der Waals surface area (Å²) in [6.07, 6.45) is 2.25. The third-order valence-corrected chi connectivity index (χ3v) is 4.54. The van der Waals surface area contributed by atoms with Crippen LogP contribution < -0.4 is 15.2 Å². The lowest BCUT2D eigenvalue weighted by molar-refractivity contribution is 0.277. The lowest BCUT2D eigenvalue weighted by atomic mass is 10.00. The Labute approximate surface area is 145 Å². The van der Waals surface area contributed by atoms with Crippen molar-refractivity contribution in [3.63, 3.8) is 0 Å². The first-order chi connectivity index (χ1) is 9.30. The maximum absolute atomic E-state index is 11.5. The van der Waals surface area contributed by atoms with Gasteiger partial charge in [-0.3, -0.25) is 4.99 Å². The maximum Gasteiger partial charge on any atom is 0.277 e. The molecular formula is C12H28IN5O2S. The predicted octanol–water partition coefficient (Wildman–Crippen LogP) is 0.483. The van der Waals surface area contributed by atoms with E-state index in [0.29, 0.717) is 12.5 Å². The van der Waals surface area contributed by atoms with Crippen molar-refractivity contribution in [1.82, 2.24) is 14.3 Å². The van der Waals surface area contributed by atoms with Crippen LogP contribution in [0.4, 0.5) is 0 Å². The van der Waals surface area contributed by atoms with Crippen LogP contribution >= 0.6 is 24.0 Å². The maximum atomic E-state index is 11.5. The molecule has 1 rings (SSSR count). The van der Waals surface area contributed by atoms with Crippen LogP contribution in [-0.2, 0) is 10.2 Å². The zero-order chi connectivity index (χ0) is 15.2. The Balaban J connectivity index is 0.00000400. The second-order valence-electron chi connectivity index (χ2n) is 5.58. The van der Waals surface area contributed by atoms with E-state index in [1.54, 1.807) is 13.8 Å². The smallest absolute Gasteiger partial charge is 0.277 e. The topological polar surface area (TPSA) is 99.8 Å². The minimum Gasteiger partial charge on any atom is -0.370 e. The number of hydrogen-bond acceptors (Lipinski definition) is 3. The number of piperidine rings is 1. The van der Waals surface area contributed by atoms with Gasteiger partial charge in [0.2, 0.25) is 0 Å². The molecule has 0 aromatic carbocycles. The Morgan fingerprint density at radius 3 is 2.48 bits per heavy atom. The van der Waals surface area contributed by atoms with E-state index in [1.807, 2.05) is 0 Å². The van der Waals surface area contributed by atoms with Gasteiger partial charge < -0.3 is 10.6 Å². The highest BCUT2D eigenvalue weighted by Gasteiger charge is 2.16. The van der Waals surface area contributed by atoms with Gasteiger partial charge in [0.25, 0.3) is 10.2 Å². The summed E-state index contributed by atoms with van der Waals surface area (Å²) in [4.78, 5) is 6.28. The van der Waals surface area contributed by atoms with E-state index in [9.17, 15) is 8.42 Å². The Morgan fingerprint density at radius 2 is 1.95 bits per heavy atom. The van der Waals surface area contributed by atoms with Gasteiger partial charge in [-0.2, -0.15) is 13.1 Å². The number of rotatable bonds is 6. The number of aliphatic imine (C=N–C) groups is 1. The summed E-state index contributed by atoms with van der Waals surface area (Å²) in [5.74, 6) is 1.25. The number of guanidine groups is 1. The van der Waals surface area contributed by atoms with Crippen LogP contribution in [0.15, 0.2) is 4.99 Å². The van der Waals surface area contributed by atoms with E-state index in [0.717, 1.165) is 31.8 Å². The van der Waals surface area contributed by atoms with Gasteiger partial charge in [-0.05, 0) is 32.6 Å². The van der Waals surface area contributed by atoms with Crippen LogP contribution in [0.1, 0.15) is 33.6 Å². The molecular weight excluding hydrogens is 405 g/mol. The van der Waals surface area contributed by atoms with Crippen molar-refractivity contribution in [3.8, 4) is 0 Å². The van der Waals surface area contributed by atoms with Gasteiger partial charge in [0.15, 0.2) is 5.96 Å². The van der Waals surface area contributed by atoms with Gasteiger partial charge in [-0.1, -0.05) is 6.92 Å². The molecule has 1 fully saturated rings. The van der Waals surface area contributed by atoms with Gasteiger partial charge >= 0.3 is 0 Å². The number of likely N-dealkylation sites (tertiary alicyclic amines) is 1. The Kier molecular flexibility index (Phi) is 9.74. The fourth-order valence-corrected chi connectivity index (χ4v) is 3.10. The van der Waals surface area contributed by atoms with Gasteiger partial charge in [-0.25, -0.2) is 4.72 Å². The molecule has 0 amide bonds. The van der Waals surface area contributed by atoms with Crippen molar-refractivity contribution in [3.05, 3.63) is 0 Å². The molecule has 0 aliphatic carbocycles. The van der Waals surface area contributed by atoms with Crippen LogP contribution in [0.25, 0.3) is 0 Å². The zero-order valence-electron chi connectivity index (χ0n) is 13.0. The van der Waals surface area contributed by atoms with E-state index >= 15 is 0 Å². The fraction of sp³-hybridized carbons (Fsp3) is 0.917. The molecule has 0 atom stereocenters. The lowest BCUT2D eigenvalue weighted by Gasteiger charge is -2.31. The molecule has 1 heterocycles. The number of halogens is 1. The summed E-state index contributed by atoms with van der Waals surface area (Å²) in [5.41, 5.74) is 5.91. The molecule has 1 aliphatic heterocycles. The van der Waals surface area contributed by atoms with Gasteiger partial charge in [0.1, 0.15) is 0 Å². The first kappa shape index (κ1) is 20.9. The van der Waals surface area contributed by atoms with E-state index in [1.165, 1.54) is 0 Å². The summed E-state index contributed by atoms with van der Waals surface area (Å²) in [7, 11) is -3.43. The van der Waals surface area contributed by atoms with Crippen molar-refractivity contribution in [2.75, 3.05) is 26.2 Å². The van der Waals surface area contributed by atoms with Gasteiger partial charge in [0, 0.05) is 25.7 Å². The molecule has 0 radical (unpaired) electrons. The summed E-state index contributed by atoms with van der Waals surface area (Å²) >= 11 is 0. The molecule has 0 bridgehead atoms. The quantitative estimate of drug-likeness (QED) is 0.246. The summed E-state index contributed by atoms with van der Waals surface area (Å²) < 4.78 is 27.9. The first-order valence-corrected chi connectivity index (χ1v) is 8.60. The first-order valence-electron chi connectivity index (χ1n) is 7.12. The molecule has 0 aromatic heterocycles. The fourth-order valence-electron chi connectivity index (χ4n) is 2.04. The van der Waals surface area contributed by atoms with Crippen LogP contribution in [0.3, 0.4) is 0 Å². The average Bonchev–Trinajstić information content (AvgIpc) is 2.33. The van der Waals surface area contributed by atoms with E-state index < -0.39 is 10.2 Å². The molecule has 9 heteroatoms. The highest BCUT2D eigenvalue weighted by Crippen LogP contribution is 2.15. The number of nitrogens with zero attached hydrogens (tertiary/aromatic N) is 2. The molecule has 21 heavy (non-hydrogen) atoms. The molecule has 0 spiro atoms. The molecule has 126 valence electrons. The van der Waals surface area contributed by atoms with E-state index in [-0.39, 0.29) is 36.6 Å². The number of nitrogens with two attached hydrogens (primary N) is 1. The second-order valence-corrected chi connectivity index (χ2v) is 7.11. The van der Waals surface area contributed by atoms with Crippen molar-refractivity contribution >= 4 is 40.1 Å². The van der Waals surface area contributed by atoms with Crippen molar-refractivity contribution in [1.29, 1.82) is 0 Å². The summed E-state index contributed by atoms with van der Waals surface area (Å²) in [6.45, 7) is 8.22. The zero-order valence-corrected chi connectivity index (χ0v) is 16.1. The second kappa shape index (κ2) is 9.80. The van der Waals surface area contributed by atoms with E-state index in [2.05, 4.69) is 26.3 Å². The summed E-state index contributed by atoms with van der Waals surface area (Å²) in [5, 5.41) is 0. The number of nitrogens with one attached hydrogen (secondary N) is 2. The molecule has 0 aromatic rings. The SMILES string of the molecule is CC1CCN(C(N)=NCCNS(=O)(=O)NC(C)C)CC1.I. The summed E-state index contributed by atoms with van der Waals surface area (Å²) in [6, 6.07) is -0.128. The minimum absolute atomic E-state index is 0. The molecule has 0 saturated carbocycles. The van der Waals surface area contributed by atoms with Crippen molar-refractivity contribution < 1.29 is 8.42 Å². The van der Waals surface area contributed by atoms with Gasteiger partial charge in [0.05, 0.1) is 6.54 Å². The molecule has 4 N–H and O–H groups in total. The third-order valence-electron chi connectivity index (χ3n) is 3.18. The van der Waals surface area contributed by atoms with Crippen LogP contribution in [-0.4, -0.2) is 51.5 Å². The lowest BCUT2D eigenvalue weighted by Crippen LogP contribution is -2.43. The van der Waals surface area contributed by atoms with Crippen LogP contribution in [0.2, 0.25) is 0 Å². The van der Waals surface area contributed by atoms with E-state index in [4.69, 9.17) is 5.73 Å². The predicted molar refractivity (Wildman–Crippen MR) is 97.1 cm³/mol. The van der Waals surface area contributed by atoms with Crippen LogP contribution in [0, 0.1) is 5.92 Å². The molecule has 1 saturated heterocycles. The van der Waals surface area contributed by atoms with Crippen molar-refractivity contribution in [2.45, 2.75) is 39.7 Å². The molecule has 7 nitrogen and oxygen atoms in total. The average molecular weight is 433 g/mol. The van der Waals surface area contributed by atoms with Gasteiger partial charge in [-0.15, -0.1) is 24.0 Å². The third kappa shape index (κ3) is 8.79. The highest BCUT2D eigenvalue weighted by molar-refractivity contribution is 14.0. The Hall–Kier alpha value is -0.130. The Morgan fingerprint density at radius 1 is 1.38 bits per heavy atom. The monoisotopic (exact) mass is 433 g/mol. The molecule has 0 unspecified atom stereocenters. The number of hydrogen-bond donors (Lipinski definition) is 3. The normalized spacial score (nSPS) is 17.9. The largest absolute Gasteiger partial charge is 0.370 e. The Bertz CT molecular complexity index is 419. The highest BCUT2D eigenvalue weighted by atomic mass is 127. The van der Waals surface area contributed by atoms with Crippen LogP contribution in [0.5, 0.6) is 0 Å². The molecule has 1 aliphatic rings.